The Bertz CT molecular complexity index is 776. The van der Waals surface area contributed by atoms with Crippen molar-refractivity contribution >= 4 is 11.5 Å². The Morgan fingerprint density at radius 3 is 2.55 bits per heavy atom. The molecule has 0 bridgehead atoms. The van der Waals surface area contributed by atoms with Crippen LogP contribution in [-0.2, 0) is 0 Å². The van der Waals surface area contributed by atoms with Crippen molar-refractivity contribution in [1.29, 1.82) is 0 Å². The number of fused-ring (bicyclic) bond motifs is 1. The van der Waals surface area contributed by atoms with Crippen LogP contribution < -0.4 is 4.74 Å². The molecule has 3 aromatic rings. The monoisotopic (exact) mass is 267 g/mol. The fourth-order valence-corrected chi connectivity index (χ4v) is 2.17. The van der Waals surface area contributed by atoms with Gasteiger partial charge in [0.25, 0.3) is 0 Å². The number of methoxy groups -OCH3 is 1. The minimum atomic E-state index is 0.314. The first-order valence-electron chi connectivity index (χ1n) is 6.19. The van der Waals surface area contributed by atoms with Gasteiger partial charge in [0.2, 0.25) is 5.82 Å². The fourth-order valence-electron chi connectivity index (χ4n) is 2.17. The second kappa shape index (κ2) is 4.77. The van der Waals surface area contributed by atoms with Crippen LogP contribution in [0.15, 0.2) is 47.8 Å². The fraction of sp³-hybridized carbons (Fsp3) is 0.133. The molecule has 0 saturated heterocycles. The summed E-state index contributed by atoms with van der Waals surface area (Å²) in [5, 5.41) is 3.14. The van der Waals surface area contributed by atoms with E-state index in [9.17, 15) is 4.91 Å². The second-order valence-electron chi connectivity index (χ2n) is 4.54. The standard InChI is InChI=1S/C15H13N3O2/c1-10-3-8-13-16-14(15(17-19)18(13)9-10)11-4-6-12(20-2)7-5-11/h3-9H,1-2H3. The molecular formula is C15H13N3O2. The summed E-state index contributed by atoms with van der Waals surface area (Å²) >= 11 is 0. The van der Waals surface area contributed by atoms with Gasteiger partial charge < -0.3 is 4.74 Å². The summed E-state index contributed by atoms with van der Waals surface area (Å²) in [5.74, 6) is 1.07. The molecule has 20 heavy (non-hydrogen) atoms. The minimum absolute atomic E-state index is 0.314. The molecule has 0 saturated carbocycles. The molecule has 0 unspecified atom stereocenters. The molecule has 0 N–H and O–H groups in total. The molecular weight excluding hydrogens is 254 g/mol. The molecule has 3 rings (SSSR count). The molecule has 0 aliphatic heterocycles. The molecule has 0 radical (unpaired) electrons. The summed E-state index contributed by atoms with van der Waals surface area (Å²) in [7, 11) is 1.61. The average molecular weight is 267 g/mol. The van der Waals surface area contributed by atoms with E-state index < -0.39 is 0 Å². The quantitative estimate of drug-likeness (QED) is 0.679. The largest absolute Gasteiger partial charge is 0.497 e. The number of imidazole rings is 1. The lowest BCUT2D eigenvalue weighted by Crippen LogP contribution is -1.85. The third-order valence-corrected chi connectivity index (χ3v) is 3.19. The number of hydrogen-bond acceptors (Lipinski definition) is 4. The predicted octanol–water partition coefficient (Wildman–Crippen LogP) is 3.72. The van der Waals surface area contributed by atoms with E-state index in [4.69, 9.17) is 4.74 Å². The highest BCUT2D eigenvalue weighted by molar-refractivity contribution is 5.74. The average Bonchev–Trinajstić information content (AvgIpc) is 2.85. The van der Waals surface area contributed by atoms with Gasteiger partial charge in [0.1, 0.15) is 17.1 Å². The maximum Gasteiger partial charge on any atom is 0.209 e. The first kappa shape index (κ1) is 12.3. The van der Waals surface area contributed by atoms with Crippen molar-refractivity contribution in [2.24, 2.45) is 5.18 Å². The van der Waals surface area contributed by atoms with Gasteiger partial charge in [0, 0.05) is 11.8 Å². The molecule has 0 aliphatic carbocycles. The van der Waals surface area contributed by atoms with E-state index >= 15 is 0 Å². The Balaban J connectivity index is 2.21. The van der Waals surface area contributed by atoms with E-state index in [0.717, 1.165) is 16.9 Å². The minimum Gasteiger partial charge on any atom is -0.497 e. The molecule has 1 aromatic carbocycles. The highest BCUT2D eigenvalue weighted by atomic mass is 16.5. The molecule has 0 spiro atoms. The number of aromatic nitrogens is 2. The predicted molar refractivity (Wildman–Crippen MR) is 77.4 cm³/mol. The Hall–Kier alpha value is -2.69. The van der Waals surface area contributed by atoms with E-state index in [2.05, 4.69) is 10.2 Å². The molecule has 0 amide bonds. The lowest BCUT2D eigenvalue weighted by atomic mass is 10.1. The highest BCUT2D eigenvalue weighted by Gasteiger charge is 2.14. The van der Waals surface area contributed by atoms with E-state index in [1.807, 2.05) is 49.5 Å². The van der Waals surface area contributed by atoms with Crippen molar-refractivity contribution < 1.29 is 4.74 Å². The normalized spacial score (nSPS) is 10.7. The van der Waals surface area contributed by atoms with Crippen molar-refractivity contribution in [2.75, 3.05) is 7.11 Å². The van der Waals surface area contributed by atoms with Gasteiger partial charge in [-0.1, -0.05) is 6.07 Å². The maximum atomic E-state index is 11.2. The third kappa shape index (κ3) is 1.93. The first-order chi connectivity index (χ1) is 9.72. The van der Waals surface area contributed by atoms with Gasteiger partial charge >= 0.3 is 0 Å². The zero-order valence-electron chi connectivity index (χ0n) is 11.2. The van der Waals surface area contributed by atoms with Crippen molar-refractivity contribution in [2.45, 2.75) is 6.92 Å². The smallest absolute Gasteiger partial charge is 0.209 e. The number of rotatable bonds is 3. The Labute approximate surface area is 115 Å². The molecule has 5 heteroatoms. The molecule has 2 heterocycles. The highest BCUT2D eigenvalue weighted by Crippen LogP contribution is 2.31. The Morgan fingerprint density at radius 2 is 1.90 bits per heavy atom. The Morgan fingerprint density at radius 1 is 1.15 bits per heavy atom. The number of pyridine rings is 1. The van der Waals surface area contributed by atoms with E-state index in [1.165, 1.54) is 0 Å². The van der Waals surface area contributed by atoms with Crippen LogP contribution in [0, 0.1) is 11.8 Å². The van der Waals surface area contributed by atoms with Crippen LogP contribution >= 0.6 is 0 Å². The number of hydrogen-bond donors (Lipinski definition) is 0. The van der Waals surface area contributed by atoms with Gasteiger partial charge in [-0.2, -0.15) is 0 Å². The van der Waals surface area contributed by atoms with Gasteiger partial charge in [0.05, 0.1) is 7.11 Å². The topological polar surface area (TPSA) is 56.0 Å². The van der Waals surface area contributed by atoms with Gasteiger partial charge in [-0.3, -0.25) is 4.40 Å². The van der Waals surface area contributed by atoms with Gasteiger partial charge in [-0.15, -0.1) is 4.91 Å². The van der Waals surface area contributed by atoms with Crippen molar-refractivity contribution in [3.8, 4) is 17.0 Å². The summed E-state index contributed by atoms with van der Waals surface area (Å²) in [6.07, 6.45) is 1.85. The third-order valence-electron chi connectivity index (χ3n) is 3.19. The van der Waals surface area contributed by atoms with Crippen LogP contribution in [0.1, 0.15) is 5.56 Å². The van der Waals surface area contributed by atoms with Gasteiger partial charge in [0.15, 0.2) is 0 Å². The van der Waals surface area contributed by atoms with Crippen molar-refractivity contribution in [3.63, 3.8) is 0 Å². The van der Waals surface area contributed by atoms with Crippen LogP contribution in [0.3, 0.4) is 0 Å². The van der Waals surface area contributed by atoms with E-state index in [-0.39, 0.29) is 0 Å². The zero-order valence-corrected chi connectivity index (χ0v) is 11.2. The SMILES string of the molecule is COc1ccc(-c2nc3ccc(C)cn3c2N=O)cc1. The van der Waals surface area contributed by atoms with Crippen LogP contribution in [0.25, 0.3) is 16.9 Å². The second-order valence-corrected chi connectivity index (χ2v) is 4.54. The summed E-state index contributed by atoms with van der Waals surface area (Å²) < 4.78 is 6.84. The van der Waals surface area contributed by atoms with E-state index in [0.29, 0.717) is 17.2 Å². The van der Waals surface area contributed by atoms with Crippen LogP contribution in [0.5, 0.6) is 5.75 Å². The lowest BCUT2D eigenvalue weighted by molar-refractivity contribution is 0.415. The molecule has 2 aromatic heterocycles. The van der Waals surface area contributed by atoms with Crippen LogP contribution in [0.2, 0.25) is 0 Å². The summed E-state index contributed by atoms with van der Waals surface area (Å²) in [6, 6.07) is 11.2. The zero-order chi connectivity index (χ0) is 14.1. The summed E-state index contributed by atoms with van der Waals surface area (Å²) in [6.45, 7) is 1.96. The summed E-state index contributed by atoms with van der Waals surface area (Å²) in [5.41, 5.74) is 3.16. The number of nitroso groups, excluding NO2 is 1. The first-order valence-corrected chi connectivity index (χ1v) is 6.19. The number of nitrogens with zero attached hydrogens (tertiary/aromatic N) is 3. The van der Waals surface area contributed by atoms with Crippen LogP contribution in [0.4, 0.5) is 5.82 Å². The van der Waals surface area contributed by atoms with Crippen molar-refractivity contribution in [3.05, 3.63) is 53.1 Å². The molecule has 0 aliphatic rings. The number of benzene rings is 1. The van der Waals surface area contributed by atoms with Gasteiger partial charge in [-0.25, -0.2) is 4.98 Å². The molecule has 100 valence electrons. The number of aryl methyl sites for hydroxylation is 1. The van der Waals surface area contributed by atoms with E-state index in [1.54, 1.807) is 11.5 Å². The maximum absolute atomic E-state index is 11.2. The lowest BCUT2D eigenvalue weighted by Gasteiger charge is -2.01. The van der Waals surface area contributed by atoms with Gasteiger partial charge in [-0.05, 0) is 48.0 Å². The molecule has 0 fully saturated rings. The van der Waals surface area contributed by atoms with Crippen molar-refractivity contribution in [1.82, 2.24) is 9.38 Å². The molecule has 0 atom stereocenters. The Kier molecular flexibility index (Phi) is 2.95. The summed E-state index contributed by atoms with van der Waals surface area (Å²) in [4.78, 5) is 15.7. The number of ether oxygens (including phenoxy) is 1. The molecule has 5 nitrogen and oxygen atoms in total. The van der Waals surface area contributed by atoms with Crippen LogP contribution in [-0.4, -0.2) is 16.5 Å².